The number of allylic oxidation sites excluding steroid dienone is 2. The van der Waals surface area contributed by atoms with E-state index in [1.165, 1.54) is 5.57 Å². The number of rotatable bonds is 2. The van der Waals surface area contributed by atoms with Crippen LogP contribution in [0.5, 0.6) is 11.5 Å². The highest BCUT2D eigenvalue weighted by Crippen LogP contribution is 2.28. The zero-order valence-corrected chi connectivity index (χ0v) is 9.91. The van der Waals surface area contributed by atoms with E-state index in [1.54, 1.807) is 14.2 Å². The average Bonchev–Trinajstić information content (AvgIpc) is 2.74. The standard InChI is InChI=1S/C14H13NO2/c1-16-13-7-10-9-5-3-4-6-11(9)15-12(10)8-14(13)17-2/h6-8H,4-5H2,1-2H3. The van der Waals surface area contributed by atoms with Gasteiger partial charge in [0.05, 0.1) is 25.3 Å². The molecule has 0 fully saturated rings. The lowest BCUT2D eigenvalue weighted by molar-refractivity contribution is 0.354. The van der Waals surface area contributed by atoms with Crippen LogP contribution >= 0.6 is 0 Å². The summed E-state index contributed by atoms with van der Waals surface area (Å²) in [7, 11) is 3.29. The number of benzene rings is 1. The molecule has 3 nitrogen and oxygen atoms in total. The Morgan fingerprint density at radius 2 is 1.94 bits per heavy atom. The minimum atomic E-state index is 0.725. The average molecular weight is 227 g/mol. The first kappa shape index (κ1) is 10.4. The summed E-state index contributed by atoms with van der Waals surface area (Å²) in [5.74, 6) is 1.48. The summed E-state index contributed by atoms with van der Waals surface area (Å²) >= 11 is 0. The van der Waals surface area contributed by atoms with Crippen LogP contribution in [-0.2, 0) is 0 Å². The first-order valence-corrected chi connectivity index (χ1v) is 5.58. The maximum absolute atomic E-state index is 5.32. The highest BCUT2D eigenvalue weighted by atomic mass is 16.5. The minimum absolute atomic E-state index is 0.725. The molecule has 17 heavy (non-hydrogen) atoms. The van der Waals surface area contributed by atoms with Gasteiger partial charge in [-0.1, -0.05) is 6.08 Å². The summed E-state index contributed by atoms with van der Waals surface area (Å²) in [5, 5.41) is 2.11. The van der Waals surface area contributed by atoms with Gasteiger partial charge in [0.1, 0.15) is 0 Å². The van der Waals surface area contributed by atoms with Crippen molar-refractivity contribution in [2.24, 2.45) is 4.99 Å². The van der Waals surface area contributed by atoms with E-state index in [0.29, 0.717) is 0 Å². The van der Waals surface area contributed by atoms with Crippen molar-refractivity contribution in [2.75, 3.05) is 14.2 Å². The molecule has 0 aromatic heterocycles. The van der Waals surface area contributed by atoms with Crippen molar-refractivity contribution in [3.63, 3.8) is 0 Å². The largest absolute Gasteiger partial charge is 0.493 e. The van der Waals surface area contributed by atoms with Gasteiger partial charge in [0.15, 0.2) is 11.5 Å². The molecule has 2 aliphatic rings. The second-order valence-electron chi connectivity index (χ2n) is 4.03. The lowest BCUT2D eigenvalue weighted by atomic mass is 9.98. The van der Waals surface area contributed by atoms with Crippen molar-refractivity contribution < 1.29 is 9.47 Å². The Kier molecular flexibility index (Phi) is 2.39. The molecule has 1 aromatic rings. The molecular weight excluding hydrogens is 214 g/mol. The molecule has 0 saturated carbocycles. The zero-order valence-electron chi connectivity index (χ0n) is 9.91. The summed E-state index contributed by atoms with van der Waals surface area (Å²) in [6.45, 7) is 0. The molecule has 2 radical (unpaired) electrons. The van der Waals surface area contributed by atoms with Gasteiger partial charge in [-0.15, -0.1) is 0 Å². The van der Waals surface area contributed by atoms with E-state index < -0.39 is 0 Å². The quantitative estimate of drug-likeness (QED) is 0.761. The molecule has 0 bridgehead atoms. The molecule has 0 saturated heterocycles. The molecule has 0 atom stereocenters. The third kappa shape index (κ3) is 1.54. The van der Waals surface area contributed by atoms with Crippen molar-refractivity contribution in [1.29, 1.82) is 0 Å². The molecule has 86 valence electrons. The molecule has 1 heterocycles. The summed E-state index contributed by atoms with van der Waals surface area (Å²) in [6, 6.07) is 3.93. The van der Waals surface area contributed by atoms with Crippen LogP contribution in [0.1, 0.15) is 12.8 Å². The Morgan fingerprint density at radius 1 is 1.18 bits per heavy atom. The van der Waals surface area contributed by atoms with E-state index in [9.17, 15) is 0 Å². The predicted molar refractivity (Wildman–Crippen MR) is 64.3 cm³/mol. The van der Waals surface area contributed by atoms with Crippen molar-refractivity contribution >= 4 is 5.57 Å². The van der Waals surface area contributed by atoms with Crippen molar-refractivity contribution in [3.05, 3.63) is 40.9 Å². The fourth-order valence-corrected chi connectivity index (χ4v) is 2.26. The van der Waals surface area contributed by atoms with Gasteiger partial charge in [-0.25, -0.2) is 4.99 Å². The highest BCUT2D eigenvalue weighted by molar-refractivity contribution is 5.69. The van der Waals surface area contributed by atoms with Crippen LogP contribution in [0.4, 0.5) is 0 Å². The Labute approximate surface area is 100 Å². The topological polar surface area (TPSA) is 30.8 Å². The van der Waals surface area contributed by atoms with Gasteiger partial charge in [-0.05, 0) is 30.9 Å². The molecule has 0 spiro atoms. The van der Waals surface area contributed by atoms with Gasteiger partial charge in [0, 0.05) is 11.3 Å². The molecule has 1 aliphatic heterocycles. The molecule has 0 unspecified atom stereocenters. The third-order valence-electron chi connectivity index (χ3n) is 3.12. The molecule has 1 aliphatic carbocycles. The maximum atomic E-state index is 5.32. The fourth-order valence-electron chi connectivity index (χ4n) is 2.26. The summed E-state index contributed by atoms with van der Waals surface area (Å²) < 4.78 is 10.6. The number of methoxy groups -OCH3 is 2. The van der Waals surface area contributed by atoms with Crippen molar-refractivity contribution in [1.82, 2.24) is 0 Å². The Morgan fingerprint density at radius 3 is 2.71 bits per heavy atom. The summed E-state index contributed by atoms with van der Waals surface area (Å²) in [4.78, 5) is 4.61. The molecule has 3 rings (SSSR count). The molecule has 3 heteroatoms. The van der Waals surface area contributed by atoms with E-state index in [1.807, 2.05) is 12.1 Å². The summed E-state index contributed by atoms with van der Waals surface area (Å²) in [5.41, 5.74) is 2.32. The Bertz CT molecular complexity index is 614. The van der Waals surface area contributed by atoms with Crippen LogP contribution in [0.3, 0.4) is 0 Å². The Balaban J connectivity index is 2.31. The number of hydrogen-bond donors (Lipinski definition) is 0. The second kappa shape index (κ2) is 3.91. The van der Waals surface area contributed by atoms with Crippen LogP contribution in [0, 0.1) is 6.42 Å². The van der Waals surface area contributed by atoms with Gasteiger partial charge in [-0.2, -0.15) is 0 Å². The SMILES string of the molecule is COc1cc2c(cc1OC)=C1C[C]CC=C1N=2. The van der Waals surface area contributed by atoms with Gasteiger partial charge in [0.2, 0.25) is 0 Å². The lowest BCUT2D eigenvalue weighted by Gasteiger charge is -2.09. The fraction of sp³-hybridized carbons (Fsp3) is 0.286. The number of ether oxygens (including phenoxy) is 2. The van der Waals surface area contributed by atoms with Crippen LogP contribution < -0.4 is 20.0 Å². The summed E-state index contributed by atoms with van der Waals surface area (Å²) in [6.07, 6.45) is 7.17. The molecule has 1 aromatic carbocycles. The zero-order chi connectivity index (χ0) is 11.8. The first-order valence-electron chi connectivity index (χ1n) is 5.58. The van der Waals surface area contributed by atoms with Gasteiger partial charge in [-0.3, -0.25) is 0 Å². The van der Waals surface area contributed by atoms with Crippen molar-refractivity contribution in [2.45, 2.75) is 12.8 Å². The van der Waals surface area contributed by atoms with Crippen LogP contribution in [0.2, 0.25) is 0 Å². The van der Waals surface area contributed by atoms with Crippen LogP contribution in [-0.4, -0.2) is 14.2 Å². The second-order valence-corrected chi connectivity index (χ2v) is 4.03. The third-order valence-corrected chi connectivity index (χ3v) is 3.12. The predicted octanol–water partition coefficient (Wildman–Crippen LogP) is 1.25. The van der Waals surface area contributed by atoms with Crippen LogP contribution in [0.15, 0.2) is 28.9 Å². The number of fused-ring (bicyclic) bond motifs is 2. The molecular formula is C14H13NO2. The normalized spacial score (nSPS) is 16.8. The first-order chi connectivity index (χ1) is 8.33. The molecule has 0 amide bonds. The van der Waals surface area contributed by atoms with E-state index in [2.05, 4.69) is 17.5 Å². The number of hydrogen-bond acceptors (Lipinski definition) is 3. The molecule has 0 N–H and O–H groups in total. The van der Waals surface area contributed by atoms with Gasteiger partial charge in [0.25, 0.3) is 0 Å². The van der Waals surface area contributed by atoms with E-state index >= 15 is 0 Å². The van der Waals surface area contributed by atoms with E-state index in [-0.39, 0.29) is 0 Å². The van der Waals surface area contributed by atoms with Crippen molar-refractivity contribution in [3.8, 4) is 11.5 Å². The van der Waals surface area contributed by atoms with Crippen LogP contribution in [0.25, 0.3) is 5.57 Å². The minimum Gasteiger partial charge on any atom is -0.493 e. The number of nitrogens with zero attached hydrogens (tertiary/aromatic N) is 1. The lowest BCUT2D eigenvalue weighted by Crippen LogP contribution is -2.23. The Hall–Kier alpha value is -1.77. The van der Waals surface area contributed by atoms with Gasteiger partial charge < -0.3 is 9.47 Å². The van der Waals surface area contributed by atoms with E-state index in [4.69, 9.17) is 9.47 Å². The maximum Gasteiger partial charge on any atom is 0.162 e. The monoisotopic (exact) mass is 227 g/mol. The van der Waals surface area contributed by atoms with E-state index in [0.717, 1.165) is 40.6 Å². The van der Waals surface area contributed by atoms with Gasteiger partial charge >= 0.3 is 0 Å². The smallest absolute Gasteiger partial charge is 0.162 e. The highest BCUT2D eigenvalue weighted by Gasteiger charge is 2.18.